The molecule has 0 atom stereocenters. The molecule has 14 rings (SSSR count). The van der Waals surface area contributed by atoms with Crippen LogP contribution in [0, 0.1) is 0 Å². The molecule has 2 spiro atoms. The Morgan fingerprint density at radius 3 is 1.15 bits per heavy atom. The summed E-state index contributed by atoms with van der Waals surface area (Å²) < 4.78 is 7.13. The Balaban J connectivity index is 1.00. The van der Waals surface area contributed by atoms with Gasteiger partial charge in [0.1, 0.15) is 11.5 Å². The molecule has 362 valence electrons. The third-order valence-electron chi connectivity index (χ3n) is 17.2. The molecule has 0 amide bonds. The molecule has 3 heterocycles. The van der Waals surface area contributed by atoms with E-state index in [-0.39, 0.29) is 6.71 Å². The van der Waals surface area contributed by atoms with E-state index in [0.29, 0.717) is 17.8 Å². The number of fused-ring (bicyclic) bond motifs is 16. The highest BCUT2D eigenvalue weighted by atomic mass is 16.5. The molecule has 3 nitrogen and oxygen atoms in total. The van der Waals surface area contributed by atoms with Crippen molar-refractivity contribution in [1.82, 2.24) is 0 Å². The summed E-state index contributed by atoms with van der Waals surface area (Å²) in [6, 6.07) is 87.0. The van der Waals surface area contributed by atoms with Crippen molar-refractivity contribution in [1.29, 1.82) is 0 Å². The van der Waals surface area contributed by atoms with Gasteiger partial charge in [-0.25, -0.2) is 0 Å². The Labute approximate surface area is 442 Å². The lowest BCUT2D eigenvalue weighted by atomic mass is 9.34. The molecule has 0 N–H and O–H groups in total. The fraction of sp³-hybridized carbons (Fsp3) is 0.155. The molecule has 0 radical (unpaired) electrons. The minimum atomic E-state index is -0.681. The van der Waals surface area contributed by atoms with Crippen molar-refractivity contribution in [3.8, 4) is 11.5 Å². The minimum absolute atomic E-state index is 0.0107. The molecular weight excluding hydrogens is 908 g/mol. The van der Waals surface area contributed by atoms with Gasteiger partial charge in [-0.3, -0.25) is 0 Å². The summed E-state index contributed by atoms with van der Waals surface area (Å²) in [5.41, 5.74) is 23.9. The van der Waals surface area contributed by atoms with E-state index in [2.05, 4.69) is 282 Å². The standard InChI is InChI=1S/C71H59BN2O/c1-45(2)48-42-51(46(3)4)69(52(43-48)47(5)6)72-61-34-18-23-39-67(61)75-68-44-50(40-41-62(68)72)74-65-37-21-16-32-59(65)71(60-33-17-22-38-66(60)74)55-28-12-10-26-53(55)70(54-27-11-13-29-56(54)71)57-30-14-19-35-63(57)73(49-24-8-7-9-25-49)64-36-20-15-31-58(64)70/h7-47H,1-6H3. The molecule has 0 bridgehead atoms. The summed E-state index contributed by atoms with van der Waals surface area (Å²) in [7, 11) is 0. The second-order valence-electron chi connectivity index (χ2n) is 22.0. The van der Waals surface area contributed by atoms with Crippen LogP contribution >= 0.6 is 0 Å². The number of rotatable bonds is 6. The molecule has 10 aromatic carbocycles. The predicted molar refractivity (Wildman–Crippen MR) is 313 cm³/mol. The highest BCUT2D eigenvalue weighted by molar-refractivity contribution is 6.97. The molecule has 0 saturated carbocycles. The maximum Gasteiger partial charge on any atom is 0.251 e. The van der Waals surface area contributed by atoms with E-state index in [4.69, 9.17) is 4.74 Å². The molecule has 1 aliphatic carbocycles. The summed E-state index contributed by atoms with van der Waals surface area (Å²) in [5, 5.41) is 0. The SMILES string of the molecule is CC(C)c1cc(C(C)C)c(B2c3ccccc3Oc3cc(N4c5ccccc5C5(c6ccccc64)c4ccccc4C4(c6ccccc6N(c6ccccc6)c6ccccc64)c4ccccc45)ccc32)c(C(C)C)c1. The number of para-hydroxylation sites is 6. The second-order valence-corrected chi connectivity index (χ2v) is 22.0. The van der Waals surface area contributed by atoms with E-state index in [0.717, 1.165) is 34.2 Å². The molecule has 3 aliphatic heterocycles. The van der Waals surface area contributed by atoms with Gasteiger partial charge in [-0.1, -0.05) is 223 Å². The zero-order valence-electron chi connectivity index (χ0n) is 43.6. The fourth-order valence-electron chi connectivity index (χ4n) is 14.1. The molecule has 0 fully saturated rings. The van der Waals surface area contributed by atoms with Crippen LogP contribution in [-0.2, 0) is 10.8 Å². The van der Waals surface area contributed by atoms with Crippen molar-refractivity contribution in [2.24, 2.45) is 0 Å². The number of hydrogen-bond donors (Lipinski definition) is 0. The number of hydrogen-bond acceptors (Lipinski definition) is 3. The van der Waals surface area contributed by atoms with Gasteiger partial charge in [0.15, 0.2) is 0 Å². The van der Waals surface area contributed by atoms with Crippen LogP contribution in [0.4, 0.5) is 34.1 Å². The van der Waals surface area contributed by atoms with Crippen LogP contribution in [0.1, 0.15) is 120 Å². The van der Waals surface area contributed by atoms with Crippen molar-refractivity contribution in [3.05, 3.63) is 292 Å². The molecule has 0 aromatic heterocycles. The molecule has 0 unspecified atom stereocenters. The van der Waals surface area contributed by atoms with Crippen LogP contribution in [0.2, 0.25) is 0 Å². The highest BCUT2D eigenvalue weighted by Crippen LogP contribution is 2.68. The largest absolute Gasteiger partial charge is 0.458 e. The lowest BCUT2D eigenvalue weighted by molar-refractivity contribution is 0.487. The first-order chi connectivity index (χ1) is 36.7. The quantitative estimate of drug-likeness (QED) is 0.154. The van der Waals surface area contributed by atoms with Crippen LogP contribution < -0.4 is 30.9 Å². The molecular formula is C71H59BN2O. The zero-order valence-corrected chi connectivity index (χ0v) is 43.6. The third kappa shape index (κ3) is 6.29. The number of nitrogens with zero attached hydrogens (tertiary/aromatic N) is 2. The zero-order chi connectivity index (χ0) is 50.7. The molecule has 10 aromatic rings. The lowest BCUT2D eigenvalue weighted by Gasteiger charge is -2.56. The van der Waals surface area contributed by atoms with Gasteiger partial charge < -0.3 is 14.5 Å². The topological polar surface area (TPSA) is 15.7 Å². The maximum absolute atomic E-state index is 7.13. The molecule has 75 heavy (non-hydrogen) atoms. The van der Waals surface area contributed by atoms with Gasteiger partial charge in [0.05, 0.1) is 33.6 Å². The number of ether oxygens (including phenoxy) is 1. The number of benzene rings is 10. The van der Waals surface area contributed by atoms with E-state index >= 15 is 0 Å². The minimum Gasteiger partial charge on any atom is -0.458 e. The summed E-state index contributed by atoms with van der Waals surface area (Å²) in [4.78, 5) is 4.97. The van der Waals surface area contributed by atoms with E-state index in [1.807, 2.05) is 0 Å². The lowest BCUT2D eigenvalue weighted by Crippen LogP contribution is -2.57. The van der Waals surface area contributed by atoms with Gasteiger partial charge in [-0.2, -0.15) is 0 Å². The van der Waals surface area contributed by atoms with Crippen LogP contribution in [0.25, 0.3) is 0 Å². The summed E-state index contributed by atoms with van der Waals surface area (Å²) >= 11 is 0. The Morgan fingerprint density at radius 1 is 0.333 bits per heavy atom. The highest BCUT2D eigenvalue weighted by Gasteiger charge is 2.59. The summed E-state index contributed by atoms with van der Waals surface area (Å²) in [6.45, 7) is 14.1. The van der Waals surface area contributed by atoms with Gasteiger partial charge in [0.25, 0.3) is 6.71 Å². The summed E-state index contributed by atoms with van der Waals surface area (Å²) in [5.74, 6) is 2.95. The van der Waals surface area contributed by atoms with E-state index in [1.165, 1.54) is 89.0 Å². The number of anilines is 6. The van der Waals surface area contributed by atoms with Crippen LogP contribution in [-0.4, -0.2) is 6.71 Å². The maximum atomic E-state index is 7.13. The average molecular weight is 967 g/mol. The van der Waals surface area contributed by atoms with Gasteiger partial charge in [-0.05, 0) is 138 Å². The first-order valence-corrected chi connectivity index (χ1v) is 27.0. The van der Waals surface area contributed by atoms with Gasteiger partial charge >= 0.3 is 0 Å². The van der Waals surface area contributed by atoms with Crippen molar-refractivity contribution < 1.29 is 4.74 Å². The third-order valence-corrected chi connectivity index (χ3v) is 17.2. The van der Waals surface area contributed by atoms with Gasteiger partial charge in [-0.15, -0.1) is 0 Å². The fourth-order valence-corrected chi connectivity index (χ4v) is 14.1. The first-order valence-electron chi connectivity index (χ1n) is 27.0. The van der Waals surface area contributed by atoms with Crippen molar-refractivity contribution in [2.75, 3.05) is 9.80 Å². The molecule has 4 aliphatic rings. The summed E-state index contributed by atoms with van der Waals surface area (Å²) in [6.07, 6.45) is 0. The van der Waals surface area contributed by atoms with E-state index in [9.17, 15) is 0 Å². The van der Waals surface area contributed by atoms with Gasteiger partial charge in [0, 0.05) is 17.4 Å². The van der Waals surface area contributed by atoms with Crippen molar-refractivity contribution in [2.45, 2.75) is 70.1 Å². The monoisotopic (exact) mass is 966 g/mol. The molecule has 0 saturated heterocycles. The van der Waals surface area contributed by atoms with Crippen molar-refractivity contribution in [3.63, 3.8) is 0 Å². The van der Waals surface area contributed by atoms with E-state index < -0.39 is 10.8 Å². The second kappa shape index (κ2) is 17.1. The Hall–Kier alpha value is -8.34. The Kier molecular flexibility index (Phi) is 10.3. The Morgan fingerprint density at radius 2 is 0.707 bits per heavy atom. The van der Waals surface area contributed by atoms with Crippen molar-refractivity contribution >= 4 is 57.2 Å². The van der Waals surface area contributed by atoms with Crippen LogP contribution in [0.15, 0.2) is 231 Å². The average Bonchev–Trinajstić information content (AvgIpc) is 3.49. The Bertz CT molecular complexity index is 3730. The van der Waals surface area contributed by atoms with E-state index in [1.54, 1.807) is 0 Å². The van der Waals surface area contributed by atoms with Crippen LogP contribution in [0.3, 0.4) is 0 Å². The van der Waals surface area contributed by atoms with Crippen LogP contribution in [0.5, 0.6) is 11.5 Å². The first kappa shape index (κ1) is 45.3. The smallest absolute Gasteiger partial charge is 0.251 e. The normalized spacial score (nSPS) is 14.9. The van der Waals surface area contributed by atoms with Gasteiger partial charge in [0.2, 0.25) is 0 Å². The molecule has 4 heteroatoms. The predicted octanol–water partition coefficient (Wildman–Crippen LogP) is 16.3.